The standard InChI is InChI=1S/C17H26N2O/c1-3-8-20-16-6-4-14(5-7-16)11-19-12-15-9-18-10-17(15)13(19)2/h4-7,13,15,17-18H,3,8-12H2,1-2H3. The van der Waals surface area contributed by atoms with Crippen molar-refractivity contribution < 1.29 is 4.74 Å². The van der Waals surface area contributed by atoms with Gasteiger partial charge >= 0.3 is 0 Å². The Hall–Kier alpha value is -1.06. The molecule has 0 radical (unpaired) electrons. The van der Waals surface area contributed by atoms with E-state index in [1.54, 1.807) is 0 Å². The van der Waals surface area contributed by atoms with Gasteiger partial charge in [-0.2, -0.15) is 0 Å². The number of ether oxygens (including phenoxy) is 1. The van der Waals surface area contributed by atoms with E-state index in [9.17, 15) is 0 Å². The van der Waals surface area contributed by atoms with Crippen LogP contribution < -0.4 is 10.1 Å². The zero-order valence-corrected chi connectivity index (χ0v) is 12.6. The summed E-state index contributed by atoms with van der Waals surface area (Å²) in [5.74, 6) is 2.70. The molecule has 0 spiro atoms. The van der Waals surface area contributed by atoms with Gasteiger partial charge in [0.2, 0.25) is 0 Å². The third-order valence-electron chi connectivity index (χ3n) is 4.84. The van der Waals surface area contributed by atoms with Crippen molar-refractivity contribution in [1.82, 2.24) is 10.2 Å². The maximum absolute atomic E-state index is 5.64. The maximum Gasteiger partial charge on any atom is 0.119 e. The lowest BCUT2D eigenvalue weighted by Crippen LogP contribution is -2.32. The van der Waals surface area contributed by atoms with Crippen LogP contribution in [-0.2, 0) is 6.54 Å². The summed E-state index contributed by atoms with van der Waals surface area (Å²) in [5.41, 5.74) is 1.40. The van der Waals surface area contributed by atoms with Crippen LogP contribution in [0.2, 0.25) is 0 Å². The lowest BCUT2D eigenvalue weighted by molar-refractivity contribution is 0.231. The Bertz CT molecular complexity index is 431. The highest BCUT2D eigenvalue weighted by Crippen LogP contribution is 2.33. The van der Waals surface area contributed by atoms with E-state index in [4.69, 9.17) is 4.74 Å². The van der Waals surface area contributed by atoms with Gasteiger partial charge in [0, 0.05) is 19.1 Å². The summed E-state index contributed by atoms with van der Waals surface area (Å²) in [6, 6.07) is 9.34. The third-order valence-corrected chi connectivity index (χ3v) is 4.84. The topological polar surface area (TPSA) is 24.5 Å². The molecule has 2 aliphatic rings. The maximum atomic E-state index is 5.64. The SMILES string of the molecule is CCCOc1ccc(CN2CC3CNCC3C2C)cc1. The Balaban J connectivity index is 1.58. The van der Waals surface area contributed by atoms with Crippen LogP contribution in [-0.4, -0.2) is 37.2 Å². The molecule has 2 saturated heterocycles. The van der Waals surface area contributed by atoms with Crippen LogP contribution in [0.3, 0.4) is 0 Å². The van der Waals surface area contributed by atoms with E-state index in [-0.39, 0.29) is 0 Å². The first-order valence-electron chi connectivity index (χ1n) is 7.94. The van der Waals surface area contributed by atoms with Crippen LogP contribution in [0.15, 0.2) is 24.3 Å². The van der Waals surface area contributed by atoms with E-state index in [0.29, 0.717) is 6.04 Å². The summed E-state index contributed by atoms with van der Waals surface area (Å²) < 4.78 is 5.64. The number of hydrogen-bond donors (Lipinski definition) is 1. The summed E-state index contributed by atoms with van der Waals surface area (Å²) in [6.45, 7) is 10.0. The van der Waals surface area contributed by atoms with Gasteiger partial charge in [-0.15, -0.1) is 0 Å². The van der Waals surface area contributed by atoms with Crippen LogP contribution in [0.5, 0.6) is 5.75 Å². The highest BCUT2D eigenvalue weighted by atomic mass is 16.5. The van der Waals surface area contributed by atoms with Gasteiger partial charge in [0.25, 0.3) is 0 Å². The molecule has 1 aromatic rings. The third kappa shape index (κ3) is 2.84. The molecule has 3 atom stereocenters. The van der Waals surface area contributed by atoms with Crippen LogP contribution >= 0.6 is 0 Å². The van der Waals surface area contributed by atoms with Crippen LogP contribution in [0.4, 0.5) is 0 Å². The van der Waals surface area contributed by atoms with Crippen LogP contribution in [0.25, 0.3) is 0 Å². The lowest BCUT2D eigenvalue weighted by atomic mass is 9.95. The second kappa shape index (κ2) is 6.15. The zero-order valence-electron chi connectivity index (χ0n) is 12.6. The van der Waals surface area contributed by atoms with Crippen LogP contribution in [0, 0.1) is 11.8 Å². The van der Waals surface area contributed by atoms with Crippen molar-refractivity contribution in [2.24, 2.45) is 11.8 Å². The molecule has 3 unspecified atom stereocenters. The van der Waals surface area contributed by atoms with Gasteiger partial charge in [-0.25, -0.2) is 0 Å². The van der Waals surface area contributed by atoms with Gasteiger partial charge in [-0.3, -0.25) is 4.90 Å². The summed E-state index contributed by atoms with van der Waals surface area (Å²) in [5, 5.41) is 3.52. The predicted octanol–water partition coefficient (Wildman–Crippen LogP) is 2.52. The molecule has 2 heterocycles. The molecule has 0 aromatic heterocycles. The number of nitrogens with zero attached hydrogens (tertiary/aromatic N) is 1. The van der Waals surface area contributed by atoms with E-state index in [2.05, 4.69) is 48.3 Å². The van der Waals surface area contributed by atoms with Gasteiger partial charge in [-0.05, 0) is 56.0 Å². The summed E-state index contributed by atoms with van der Waals surface area (Å²) in [7, 11) is 0. The van der Waals surface area contributed by atoms with Gasteiger partial charge in [0.15, 0.2) is 0 Å². The fraction of sp³-hybridized carbons (Fsp3) is 0.647. The summed E-state index contributed by atoms with van der Waals surface area (Å²) >= 11 is 0. The monoisotopic (exact) mass is 274 g/mol. The summed E-state index contributed by atoms with van der Waals surface area (Å²) in [6.07, 6.45) is 1.06. The fourth-order valence-corrected chi connectivity index (χ4v) is 3.61. The first-order chi connectivity index (χ1) is 9.78. The molecule has 0 aliphatic carbocycles. The van der Waals surface area contributed by atoms with Crippen molar-refractivity contribution in [3.63, 3.8) is 0 Å². The lowest BCUT2D eigenvalue weighted by Gasteiger charge is -2.24. The normalized spacial score (nSPS) is 29.6. The highest BCUT2D eigenvalue weighted by Gasteiger charge is 2.41. The fourth-order valence-electron chi connectivity index (χ4n) is 3.61. The Morgan fingerprint density at radius 2 is 2.05 bits per heavy atom. The molecular weight excluding hydrogens is 248 g/mol. The summed E-state index contributed by atoms with van der Waals surface area (Å²) in [4.78, 5) is 2.64. The molecule has 0 amide bonds. The number of likely N-dealkylation sites (tertiary alicyclic amines) is 1. The quantitative estimate of drug-likeness (QED) is 0.893. The highest BCUT2D eigenvalue weighted by molar-refractivity contribution is 5.27. The van der Waals surface area contributed by atoms with Gasteiger partial charge in [0.05, 0.1) is 6.61 Å². The van der Waals surface area contributed by atoms with Gasteiger partial charge in [-0.1, -0.05) is 19.1 Å². The minimum Gasteiger partial charge on any atom is -0.494 e. The van der Waals surface area contributed by atoms with Crippen molar-refractivity contribution in [3.05, 3.63) is 29.8 Å². The number of fused-ring (bicyclic) bond motifs is 1. The molecule has 3 rings (SSSR count). The van der Waals surface area contributed by atoms with Crippen molar-refractivity contribution in [1.29, 1.82) is 0 Å². The molecule has 3 nitrogen and oxygen atoms in total. The molecule has 0 saturated carbocycles. The Kier molecular flexibility index (Phi) is 4.27. The molecule has 0 bridgehead atoms. The minimum absolute atomic E-state index is 0.700. The van der Waals surface area contributed by atoms with Gasteiger partial charge < -0.3 is 10.1 Å². The van der Waals surface area contributed by atoms with Gasteiger partial charge in [0.1, 0.15) is 5.75 Å². The number of rotatable bonds is 5. The molecule has 3 heteroatoms. The average Bonchev–Trinajstić information content (AvgIpc) is 3.03. The van der Waals surface area contributed by atoms with Crippen LogP contribution in [0.1, 0.15) is 25.8 Å². The van der Waals surface area contributed by atoms with E-state index in [1.807, 2.05) is 0 Å². The first-order valence-corrected chi connectivity index (χ1v) is 7.94. The van der Waals surface area contributed by atoms with E-state index >= 15 is 0 Å². The molecule has 1 N–H and O–H groups in total. The zero-order chi connectivity index (χ0) is 13.9. The minimum atomic E-state index is 0.700. The Labute approximate surface area is 122 Å². The molecule has 2 aliphatic heterocycles. The molecule has 110 valence electrons. The van der Waals surface area contributed by atoms with Crippen molar-refractivity contribution >= 4 is 0 Å². The second-order valence-electron chi connectivity index (χ2n) is 6.24. The molecule has 2 fully saturated rings. The Morgan fingerprint density at radius 3 is 2.75 bits per heavy atom. The van der Waals surface area contributed by atoms with E-state index in [1.165, 1.54) is 25.2 Å². The largest absolute Gasteiger partial charge is 0.494 e. The Morgan fingerprint density at radius 1 is 1.25 bits per heavy atom. The van der Waals surface area contributed by atoms with E-state index in [0.717, 1.165) is 37.2 Å². The number of benzene rings is 1. The van der Waals surface area contributed by atoms with E-state index < -0.39 is 0 Å². The second-order valence-corrected chi connectivity index (χ2v) is 6.24. The van der Waals surface area contributed by atoms with Crippen molar-refractivity contribution in [2.75, 3.05) is 26.2 Å². The molecule has 20 heavy (non-hydrogen) atoms. The number of hydrogen-bond acceptors (Lipinski definition) is 3. The molecular formula is C17H26N2O. The van der Waals surface area contributed by atoms with Crippen molar-refractivity contribution in [3.8, 4) is 5.75 Å². The first kappa shape index (κ1) is 13.9. The van der Waals surface area contributed by atoms with Crippen molar-refractivity contribution in [2.45, 2.75) is 32.9 Å². The number of nitrogens with one attached hydrogen (secondary N) is 1. The smallest absolute Gasteiger partial charge is 0.119 e. The predicted molar refractivity (Wildman–Crippen MR) is 81.9 cm³/mol. The average molecular weight is 274 g/mol. The molecule has 1 aromatic carbocycles.